The maximum Gasteiger partial charge on any atom is 0.313 e. The normalized spacial score (nSPS) is 18.0. The molecule has 0 aromatic heterocycles. The molecular weight excluding hydrogens is 340 g/mol. The standard InChI is InChI=1S/C22H24N2O3/c1-2-27-18-7-5-11-24(14-18)22(26)21(25)23-17-9-10-20-16(13-17)12-15-6-3-4-8-19(15)20/h3-4,6,8-10,13,18H,2,5,7,11-12,14H2,1H3,(H,23,25). The summed E-state index contributed by atoms with van der Waals surface area (Å²) in [5.74, 6) is -1.06. The van der Waals surface area contributed by atoms with E-state index in [9.17, 15) is 9.59 Å². The van der Waals surface area contributed by atoms with Crippen LogP contribution in [0.3, 0.4) is 0 Å². The zero-order valence-electron chi connectivity index (χ0n) is 15.5. The molecule has 5 nitrogen and oxygen atoms in total. The van der Waals surface area contributed by atoms with Crippen molar-refractivity contribution in [2.45, 2.75) is 32.3 Å². The fourth-order valence-corrected chi connectivity index (χ4v) is 4.05. The van der Waals surface area contributed by atoms with Gasteiger partial charge in [0.2, 0.25) is 0 Å². The first kappa shape index (κ1) is 17.7. The minimum Gasteiger partial charge on any atom is -0.377 e. The van der Waals surface area contributed by atoms with E-state index in [-0.39, 0.29) is 6.10 Å². The molecule has 1 atom stereocenters. The van der Waals surface area contributed by atoms with Crippen LogP contribution in [0.25, 0.3) is 11.1 Å². The molecular formula is C22H24N2O3. The van der Waals surface area contributed by atoms with E-state index in [0.29, 0.717) is 25.4 Å². The van der Waals surface area contributed by atoms with Crippen LogP contribution in [0.2, 0.25) is 0 Å². The Morgan fingerprint density at radius 2 is 1.96 bits per heavy atom. The van der Waals surface area contributed by atoms with Gasteiger partial charge in [0, 0.05) is 25.4 Å². The van der Waals surface area contributed by atoms with Crippen LogP contribution < -0.4 is 5.32 Å². The zero-order chi connectivity index (χ0) is 18.8. The van der Waals surface area contributed by atoms with Crippen molar-refractivity contribution in [2.24, 2.45) is 0 Å². The number of amides is 2. The maximum atomic E-state index is 12.5. The summed E-state index contributed by atoms with van der Waals surface area (Å²) < 4.78 is 5.62. The van der Waals surface area contributed by atoms with Crippen molar-refractivity contribution >= 4 is 17.5 Å². The van der Waals surface area contributed by atoms with Crippen molar-refractivity contribution in [2.75, 3.05) is 25.0 Å². The van der Waals surface area contributed by atoms with E-state index in [4.69, 9.17) is 4.74 Å². The summed E-state index contributed by atoms with van der Waals surface area (Å²) in [4.78, 5) is 26.6. The predicted octanol–water partition coefficient (Wildman–Crippen LogP) is 3.22. The fraction of sp³-hybridized carbons (Fsp3) is 0.364. The highest BCUT2D eigenvalue weighted by atomic mass is 16.5. The van der Waals surface area contributed by atoms with E-state index < -0.39 is 11.8 Å². The Kier molecular flexibility index (Phi) is 4.94. The van der Waals surface area contributed by atoms with Gasteiger partial charge in [-0.15, -0.1) is 0 Å². The number of carbonyl (C=O) groups excluding carboxylic acids is 2. The van der Waals surface area contributed by atoms with E-state index in [2.05, 4.69) is 17.4 Å². The smallest absolute Gasteiger partial charge is 0.313 e. The zero-order valence-corrected chi connectivity index (χ0v) is 15.5. The molecule has 1 heterocycles. The molecule has 4 rings (SSSR count). The maximum absolute atomic E-state index is 12.5. The second-order valence-corrected chi connectivity index (χ2v) is 7.13. The monoisotopic (exact) mass is 364 g/mol. The molecule has 27 heavy (non-hydrogen) atoms. The molecule has 1 aliphatic heterocycles. The Morgan fingerprint density at radius 3 is 2.81 bits per heavy atom. The molecule has 2 aliphatic rings. The van der Waals surface area contributed by atoms with E-state index in [0.717, 1.165) is 19.3 Å². The largest absolute Gasteiger partial charge is 0.377 e. The summed E-state index contributed by atoms with van der Waals surface area (Å²) in [5, 5.41) is 2.77. The van der Waals surface area contributed by atoms with Crippen molar-refractivity contribution in [1.29, 1.82) is 0 Å². The molecule has 5 heteroatoms. The molecule has 1 unspecified atom stereocenters. The Morgan fingerprint density at radius 1 is 1.15 bits per heavy atom. The highest BCUT2D eigenvalue weighted by molar-refractivity contribution is 6.39. The van der Waals surface area contributed by atoms with Crippen molar-refractivity contribution < 1.29 is 14.3 Å². The third-order valence-corrected chi connectivity index (χ3v) is 5.31. The number of nitrogens with zero attached hydrogens (tertiary/aromatic N) is 1. The van der Waals surface area contributed by atoms with Gasteiger partial charge in [0.05, 0.1) is 6.10 Å². The number of fused-ring (bicyclic) bond motifs is 3. The molecule has 0 spiro atoms. The third kappa shape index (κ3) is 3.60. The summed E-state index contributed by atoms with van der Waals surface area (Å²) in [6, 6.07) is 14.2. The molecule has 1 aliphatic carbocycles. The summed E-state index contributed by atoms with van der Waals surface area (Å²) >= 11 is 0. The van der Waals surface area contributed by atoms with Gasteiger partial charge in [0.15, 0.2) is 0 Å². The van der Waals surface area contributed by atoms with Crippen molar-refractivity contribution in [3.63, 3.8) is 0 Å². The number of hydrogen-bond donors (Lipinski definition) is 1. The number of likely N-dealkylation sites (tertiary alicyclic amines) is 1. The minimum atomic E-state index is -0.581. The number of rotatable bonds is 3. The van der Waals surface area contributed by atoms with Gasteiger partial charge >= 0.3 is 11.8 Å². The van der Waals surface area contributed by atoms with Crippen LogP contribution in [0.5, 0.6) is 0 Å². The molecule has 0 saturated carbocycles. The molecule has 0 bridgehead atoms. The number of nitrogens with one attached hydrogen (secondary N) is 1. The highest BCUT2D eigenvalue weighted by Gasteiger charge is 2.28. The predicted molar refractivity (Wildman–Crippen MR) is 105 cm³/mol. The van der Waals surface area contributed by atoms with Crippen molar-refractivity contribution in [1.82, 2.24) is 4.90 Å². The van der Waals surface area contributed by atoms with Crippen LogP contribution in [0.4, 0.5) is 5.69 Å². The number of ether oxygens (including phenoxy) is 1. The van der Waals surface area contributed by atoms with Crippen LogP contribution in [0.1, 0.15) is 30.9 Å². The number of benzene rings is 2. The fourth-order valence-electron chi connectivity index (χ4n) is 4.05. The first-order valence-corrected chi connectivity index (χ1v) is 9.58. The summed E-state index contributed by atoms with van der Waals surface area (Å²) in [5.41, 5.74) is 5.58. The topological polar surface area (TPSA) is 58.6 Å². The Bertz CT molecular complexity index is 876. The van der Waals surface area contributed by atoms with Gasteiger partial charge < -0.3 is 15.0 Å². The van der Waals surface area contributed by atoms with Crippen LogP contribution in [0, 0.1) is 0 Å². The summed E-state index contributed by atoms with van der Waals surface area (Å²) in [6.45, 7) is 3.66. The lowest BCUT2D eigenvalue weighted by atomic mass is 10.1. The van der Waals surface area contributed by atoms with Gasteiger partial charge in [0.1, 0.15) is 0 Å². The molecule has 1 fully saturated rings. The summed E-state index contributed by atoms with van der Waals surface area (Å²) in [7, 11) is 0. The van der Waals surface area contributed by atoms with Gasteiger partial charge in [0.25, 0.3) is 0 Å². The van der Waals surface area contributed by atoms with Crippen LogP contribution >= 0.6 is 0 Å². The van der Waals surface area contributed by atoms with Gasteiger partial charge in [-0.05, 0) is 60.6 Å². The molecule has 140 valence electrons. The molecule has 1 saturated heterocycles. The average molecular weight is 364 g/mol. The molecule has 1 N–H and O–H groups in total. The first-order valence-electron chi connectivity index (χ1n) is 9.58. The van der Waals surface area contributed by atoms with E-state index >= 15 is 0 Å². The van der Waals surface area contributed by atoms with Gasteiger partial charge in [-0.2, -0.15) is 0 Å². The Balaban J connectivity index is 1.43. The number of carbonyl (C=O) groups is 2. The van der Waals surface area contributed by atoms with Gasteiger partial charge in [-0.3, -0.25) is 9.59 Å². The quantitative estimate of drug-likeness (QED) is 0.726. The van der Waals surface area contributed by atoms with Gasteiger partial charge in [-0.25, -0.2) is 0 Å². The lowest BCUT2D eigenvalue weighted by molar-refractivity contribution is -0.145. The van der Waals surface area contributed by atoms with Crippen LogP contribution in [-0.4, -0.2) is 42.5 Å². The molecule has 2 aromatic carbocycles. The lowest BCUT2D eigenvalue weighted by Crippen LogP contribution is -2.47. The number of piperidine rings is 1. The van der Waals surface area contributed by atoms with Crippen molar-refractivity contribution in [3.8, 4) is 11.1 Å². The van der Waals surface area contributed by atoms with Gasteiger partial charge in [-0.1, -0.05) is 30.3 Å². The second kappa shape index (κ2) is 7.53. The summed E-state index contributed by atoms with van der Waals surface area (Å²) in [6.07, 6.45) is 2.68. The van der Waals surface area contributed by atoms with Crippen LogP contribution in [0.15, 0.2) is 42.5 Å². The first-order chi connectivity index (χ1) is 13.2. The van der Waals surface area contributed by atoms with Crippen molar-refractivity contribution in [3.05, 3.63) is 53.6 Å². The Labute approximate surface area is 159 Å². The average Bonchev–Trinajstić information content (AvgIpc) is 3.05. The molecule has 2 aromatic rings. The van der Waals surface area contributed by atoms with E-state index in [1.54, 1.807) is 4.90 Å². The third-order valence-electron chi connectivity index (χ3n) is 5.31. The molecule has 2 amide bonds. The lowest BCUT2D eigenvalue weighted by Gasteiger charge is -2.32. The number of anilines is 1. The molecule has 0 radical (unpaired) electrons. The van der Waals surface area contributed by atoms with Crippen LogP contribution in [-0.2, 0) is 20.7 Å². The van der Waals surface area contributed by atoms with E-state index in [1.807, 2.05) is 37.3 Å². The second-order valence-electron chi connectivity index (χ2n) is 7.13. The minimum absolute atomic E-state index is 0.0269. The highest BCUT2D eigenvalue weighted by Crippen LogP contribution is 2.37. The van der Waals surface area contributed by atoms with E-state index in [1.165, 1.54) is 22.3 Å². The number of hydrogen-bond acceptors (Lipinski definition) is 3. The SMILES string of the molecule is CCOC1CCCN(C(=O)C(=O)Nc2ccc3c(c2)Cc2ccccc2-3)C1. The Hall–Kier alpha value is -2.66.